The van der Waals surface area contributed by atoms with Crippen LogP contribution in [0.15, 0.2) is 81.4 Å². The van der Waals surface area contributed by atoms with Crippen LogP contribution < -0.4 is 14.8 Å². The number of benzene rings is 3. The summed E-state index contributed by atoms with van der Waals surface area (Å²) in [6, 6.07) is 19.4. The van der Waals surface area contributed by atoms with Crippen LogP contribution in [0.1, 0.15) is 21.5 Å². The summed E-state index contributed by atoms with van der Waals surface area (Å²) in [6.07, 6.45) is 1.36. The normalized spacial score (nSPS) is 11.0. The van der Waals surface area contributed by atoms with E-state index in [1.165, 1.54) is 13.2 Å². The van der Waals surface area contributed by atoms with Crippen LogP contribution in [0, 0.1) is 0 Å². The number of carboxylic acid groups (broad SMARTS) is 1. The lowest BCUT2D eigenvalue weighted by Gasteiger charge is -2.14. The minimum absolute atomic E-state index is 0.267. The molecule has 3 aromatic rings. The van der Waals surface area contributed by atoms with E-state index in [2.05, 4.69) is 37.2 Å². The molecule has 2 N–H and O–H groups in total. The first-order valence-corrected chi connectivity index (χ1v) is 11.0. The van der Waals surface area contributed by atoms with Crippen molar-refractivity contribution in [1.82, 2.24) is 5.32 Å². The molecule has 0 saturated heterocycles. The summed E-state index contributed by atoms with van der Waals surface area (Å²) in [4.78, 5) is 24.1. The highest BCUT2D eigenvalue weighted by Crippen LogP contribution is 2.37. The molecule has 0 aromatic heterocycles. The van der Waals surface area contributed by atoms with Gasteiger partial charge in [0.15, 0.2) is 11.5 Å². The monoisotopic (exact) mass is 559 g/mol. The highest BCUT2D eigenvalue weighted by atomic mass is 79.9. The summed E-state index contributed by atoms with van der Waals surface area (Å²) in [6.45, 7) is 0.324. The minimum atomic E-state index is -1.26. The molecule has 0 aliphatic heterocycles. The number of hydrogen-bond acceptors (Lipinski definition) is 4. The largest absolute Gasteiger partial charge is 0.493 e. The highest BCUT2D eigenvalue weighted by molar-refractivity contribution is 9.10. The molecule has 0 bridgehead atoms. The summed E-state index contributed by atoms with van der Waals surface area (Å²) in [5.74, 6) is -0.876. The van der Waals surface area contributed by atoms with E-state index in [1.54, 1.807) is 42.5 Å². The molecule has 8 heteroatoms. The van der Waals surface area contributed by atoms with Crippen molar-refractivity contribution in [3.8, 4) is 11.5 Å². The number of carbonyl (C=O) groups excluding carboxylic acids is 1. The average Bonchev–Trinajstić information content (AvgIpc) is 2.79. The molecule has 0 unspecified atom stereocenters. The molecule has 0 atom stereocenters. The third-order valence-electron chi connectivity index (χ3n) is 4.37. The molecule has 1 amide bonds. The Morgan fingerprint density at radius 3 is 2.34 bits per heavy atom. The molecule has 6 nitrogen and oxygen atoms in total. The molecule has 3 rings (SSSR count). The van der Waals surface area contributed by atoms with Crippen molar-refractivity contribution in [2.24, 2.45) is 0 Å². The first kappa shape index (κ1) is 23.6. The quantitative estimate of drug-likeness (QED) is 0.347. The number of nitrogens with one attached hydrogen (secondary N) is 1. The van der Waals surface area contributed by atoms with Crippen LogP contribution in [0.4, 0.5) is 0 Å². The third-order valence-corrected chi connectivity index (χ3v) is 5.49. The summed E-state index contributed by atoms with van der Waals surface area (Å²) in [7, 11) is 1.50. The summed E-state index contributed by atoms with van der Waals surface area (Å²) in [5, 5.41) is 12.0. The van der Waals surface area contributed by atoms with E-state index in [-0.39, 0.29) is 5.70 Å². The fraction of sp³-hybridized carbons (Fsp3) is 0.0833. The zero-order chi connectivity index (χ0) is 23.1. The van der Waals surface area contributed by atoms with Crippen molar-refractivity contribution >= 4 is 49.8 Å². The Bertz CT molecular complexity index is 1150. The number of amides is 1. The maximum Gasteiger partial charge on any atom is 0.352 e. The molecule has 0 heterocycles. The van der Waals surface area contributed by atoms with E-state index in [0.717, 1.165) is 10.0 Å². The maximum absolute atomic E-state index is 12.4. The summed E-state index contributed by atoms with van der Waals surface area (Å²) < 4.78 is 12.9. The molecule has 32 heavy (non-hydrogen) atoms. The first-order chi connectivity index (χ1) is 15.4. The molecular weight excluding hydrogens is 542 g/mol. The van der Waals surface area contributed by atoms with Crippen LogP contribution in [-0.2, 0) is 11.4 Å². The second-order valence-corrected chi connectivity index (χ2v) is 8.40. The predicted molar refractivity (Wildman–Crippen MR) is 129 cm³/mol. The fourth-order valence-corrected chi connectivity index (χ4v) is 3.64. The molecule has 0 aliphatic carbocycles. The van der Waals surface area contributed by atoms with Gasteiger partial charge < -0.3 is 19.9 Å². The number of halogens is 2. The van der Waals surface area contributed by atoms with Gasteiger partial charge in [-0.25, -0.2) is 4.79 Å². The molecule has 164 valence electrons. The van der Waals surface area contributed by atoms with Gasteiger partial charge in [0, 0.05) is 10.0 Å². The molecule has 3 aromatic carbocycles. The third kappa shape index (κ3) is 6.21. The van der Waals surface area contributed by atoms with Gasteiger partial charge in [-0.2, -0.15) is 0 Å². The molecular formula is C24H19Br2NO5. The number of aliphatic carboxylic acids is 1. The van der Waals surface area contributed by atoms with Crippen LogP contribution >= 0.6 is 31.9 Å². The zero-order valence-electron chi connectivity index (χ0n) is 17.0. The van der Waals surface area contributed by atoms with E-state index in [9.17, 15) is 14.7 Å². The van der Waals surface area contributed by atoms with Crippen LogP contribution in [0.3, 0.4) is 0 Å². The Balaban J connectivity index is 1.83. The van der Waals surface area contributed by atoms with Crippen molar-refractivity contribution in [2.45, 2.75) is 6.61 Å². The van der Waals surface area contributed by atoms with E-state index < -0.39 is 11.9 Å². The molecule has 0 aliphatic rings. The Kier molecular flexibility index (Phi) is 8.08. The summed E-state index contributed by atoms with van der Waals surface area (Å²) in [5.41, 5.74) is 1.57. The number of carbonyl (C=O) groups is 2. The lowest BCUT2D eigenvalue weighted by molar-refractivity contribution is -0.132. The van der Waals surface area contributed by atoms with Gasteiger partial charge in [-0.1, -0.05) is 46.3 Å². The maximum atomic E-state index is 12.4. The van der Waals surface area contributed by atoms with Gasteiger partial charge in [0.25, 0.3) is 5.91 Å². The zero-order valence-corrected chi connectivity index (χ0v) is 20.1. The van der Waals surface area contributed by atoms with Gasteiger partial charge in [0.1, 0.15) is 12.3 Å². The van der Waals surface area contributed by atoms with E-state index >= 15 is 0 Å². The van der Waals surface area contributed by atoms with Crippen LogP contribution in [0.2, 0.25) is 0 Å². The van der Waals surface area contributed by atoms with Gasteiger partial charge in [0.2, 0.25) is 0 Å². The lowest BCUT2D eigenvalue weighted by Crippen LogP contribution is -2.27. The van der Waals surface area contributed by atoms with Gasteiger partial charge >= 0.3 is 5.97 Å². The van der Waals surface area contributed by atoms with Gasteiger partial charge in [-0.3, -0.25) is 4.79 Å². The van der Waals surface area contributed by atoms with E-state index in [0.29, 0.717) is 33.7 Å². The fourth-order valence-electron chi connectivity index (χ4n) is 2.80. The van der Waals surface area contributed by atoms with E-state index in [4.69, 9.17) is 9.47 Å². The Morgan fingerprint density at radius 1 is 1.03 bits per heavy atom. The van der Waals surface area contributed by atoms with Crippen molar-refractivity contribution in [3.63, 3.8) is 0 Å². The van der Waals surface area contributed by atoms with Gasteiger partial charge in [0.05, 0.1) is 11.6 Å². The second-order valence-electron chi connectivity index (χ2n) is 6.63. The smallest absolute Gasteiger partial charge is 0.352 e. The molecule has 0 spiro atoms. The van der Waals surface area contributed by atoms with Crippen LogP contribution in [0.5, 0.6) is 11.5 Å². The average molecular weight is 561 g/mol. The Labute approximate surface area is 202 Å². The van der Waals surface area contributed by atoms with Crippen molar-refractivity contribution in [2.75, 3.05) is 7.11 Å². The van der Waals surface area contributed by atoms with Crippen molar-refractivity contribution in [1.29, 1.82) is 0 Å². The first-order valence-electron chi connectivity index (χ1n) is 9.43. The van der Waals surface area contributed by atoms with Crippen LogP contribution in [0.25, 0.3) is 6.08 Å². The number of hydrogen-bond donors (Lipinski definition) is 2. The Hall–Kier alpha value is -3.10. The van der Waals surface area contributed by atoms with Crippen molar-refractivity contribution < 1.29 is 24.2 Å². The van der Waals surface area contributed by atoms with Gasteiger partial charge in [-0.15, -0.1) is 0 Å². The standard InChI is InChI=1S/C24H19Br2NO5/c1-31-21-13-16(11-19(26)22(21)32-14-15-7-9-18(25)10-8-15)12-20(24(29)30)27-23(28)17-5-3-2-4-6-17/h2-13H,14H2,1H3,(H,27,28)(H,29,30). The lowest BCUT2D eigenvalue weighted by atomic mass is 10.1. The number of rotatable bonds is 8. The summed E-state index contributed by atoms with van der Waals surface area (Å²) >= 11 is 6.86. The Morgan fingerprint density at radius 2 is 1.72 bits per heavy atom. The van der Waals surface area contributed by atoms with Gasteiger partial charge in [-0.05, 0) is 69.5 Å². The minimum Gasteiger partial charge on any atom is -0.493 e. The number of ether oxygens (including phenoxy) is 2. The predicted octanol–water partition coefficient (Wildman–Crippen LogP) is 5.65. The topological polar surface area (TPSA) is 84.9 Å². The number of carboxylic acids is 1. The number of methoxy groups -OCH3 is 1. The SMILES string of the molecule is COc1cc(C=C(NC(=O)c2ccccc2)C(=O)O)cc(Br)c1OCc1ccc(Br)cc1. The van der Waals surface area contributed by atoms with E-state index in [1.807, 2.05) is 24.3 Å². The highest BCUT2D eigenvalue weighted by Gasteiger charge is 2.16. The molecule has 0 radical (unpaired) electrons. The van der Waals surface area contributed by atoms with Crippen molar-refractivity contribution in [3.05, 3.63) is 98.1 Å². The molecule has 0 saturated carbocycles. The van der Waals surface area contributed by atoms with Crippen LogP contribution in [-0.4, -0.2) is 24.1 Å². The second kappa shape index (κ2) is 11.0. The molecule has 0 fully saturated rings.